The summed E-state index contributed by atoms with van der Waals surface area (Å²) in [5.74, 6) is 0.194. The smallest absolute Gasteiger partial charge is 0.273 e. The average Bonchev–Trinajstić information content (AvgIpc) is 2.65. The molecule has 0 radical (unpaired) electrons. The van der Waals surface area contributed by atoms with Gasteiger partial charge in [-0.1, -0.05) is 6.92 Å². The Balaban J connectivity index is 2.69. The zero-order chi connectivity index (χ0) is 11.5. The molecule has 15 heavy (non-hydrogen) atoms. The highest BCUT2D eigenvalue weighted by Gasteiger charge is 2.21. The summed E-state index contributed by atoms with van der Waals surface area (Å²) in [6.45, 7) is 5.22. The minimum atomic E-state index is -0.650. The van der Waals surface area contributed by atoms with Crippen molar-refractivity contribution in [1.82, 2.24) is 10.3 Å². The number of hydrogen-bond acceptors (Lipinski definition) is 4. The summed E-state index contributed by atoms with van der Waals surface area (Å²) < 4.78 is 5.05. The maximum atomic E-state index is 11.6. The van der Waals surface area contributed by atoms with Gasteiger partial charge in [0.25, 0.3) is 5.91 Å². The Bertz CT molecular complexity index is 344. The molecule has 0 aromatic carbocycles. The lowest BCUT2D eigenvalue weighted by Crippen LogP contribution is -2.46. The Morgan fingerprint density at radius 2 is 2.33 bits per heavy atom. The van der Waals surface area contributed by atoms with Crippen LogP contribution in [-0.2, 0) is 6.42 Å². The summed E-state index contributed by atoms with van der Waals surface area (Å²) >= 11 is 0. The van der Waals surface area contributed by atoms with Gasteiger partial charge in [0, 0.05) is 6.42 Å². The molecule has 0 spiro atoms. The van der Waals surface area contributed by atoms with E-state index in [1.807, 2.05) is 6.92 Å². The number of aryl methyl sites for hydroxylation is 1. The van der Waals surface area contributed by atoms with Crippen molar-refractivity contribution < 1.29 is 14.3 Å². The van der Waals surface area contributed by atoms with Crippen LogP contribution < -0.4 is 5.32 Å². The van der Waals surface area contributed by atoms with Crippen molar-refractivity contribution in [2.45, 2.75) is 32.7 Å². The molecule has 0 saturated carbocycles. The highest BCUT2D eigenvalue weighted by atomic mass is 16.3. The first-order valence-electron chi connectivity index (χ1n) is 4.86. The number of carbonyl (C=O) groups is 1. The van der Waals surface area contributed by atoms with Gasteiger partial charge in [-0.3, -0.25) is 4.79 Å². The third kappa shape index (κ3) is 3.06. The van der Waals surface area contributed by atoms with Crippen molar-refractivity contribution >= 4 is 5.91 Å². The van der Waals surface area contributed by atoms with Crippen LogP contribution >= 0.6 is 0 Å². The predicted molar refractivity (Wildman–Crippen MR) is 54.5 cm³/mol. The standard InChI is InChI=1S/C10H16N2O3/c1-4-8-11-7(5-15-8)9(14)12-10(2,3)6-13/h5,13H,4,6H2,1-3H3,(H,12,14). The molecule has 1 aromatic rings. The molecule has 0 atom stereocenters. The molecule has 1 rings (SSSR count). The Kier molecular flexibility index (Phi) is 3.47. The second kappa shape index (κ2) is 4.44. The van der Waals surface area contributed by atoms with E-state index in [9.17, 15) is 4.79 Å². The monoisotopic (exact) mass is 212 g/mol. The molecule has 1 aromatic heterocycles. The molecular formula is C10H16N2O3. The number of rotatable bonds is 4. The topological polar surface area (TPSA) is 75.4 Å². The average molecular weight is 212 g/mol. The van der Waals surface area contributed by atoms with Gasteiger partial charge in [-0.15, -0.1) is 0 Å². The maximum Gasteiger partial charge on any atom is 0.273 e. The van der Waals surface area contributed by atoms with Crippen LogP contribution in [0.2, 0.25) is 0 Å². The molecule has 0 fully saturated rings. The second-order valence-corrected chi connectivity index (χ2v) is 3.98. The van der Waals surface area contributed by atoms with E-state index in [-0.39, 0.29) is 18.2 Å². The van der Waals surface area contributed by atoms with Gasteiger partial charge in [-0.25, -0.2) is 4.98 Å². The van der Waals surface area contributed by atoms with Crippen LogP contribution in [0.3, 0.4) is 0 Å². The fraction of sp³-hybridized carbons (Fsp3) is 0.600. The normalized spacial score (nSPS) is 11.5. The van der Waals surface area contributed by atoms with Crippen molar-refractivity contribution in [2.75, 3.05) is 6.61 Å². The van der Waals surface area contributed by atoms with Gasteiger partial charge < -0.3 is 14.8 Å². The number of amides is 1. The molecular weight excluding hydrogens is 196 g/mol. The first-order valence-corrected chi connectivity index (χ1v) is 4.86. The van der Waals surface area contributed by atoms with Crippen molar-refractivity contribution in [1.29, 1.82) is 0 Å². The summed E-state index contributed by atoms with van der Waals surface area (Å²) in [6, 6.07) is 0. The lowest BCUT2D eigenvalue weighted by Gasteiger charge is -2.22. The summed E-state index contributed by atoms with van der Waals surface area (Å²) in [5.41, 5.74) is -0.407. The van der Waals surface area contributed by atoms with Gasteiger partial charge in [0.2, 0.25) is 0 Å². The van der Waals surface area contributed by atoms with Crippen molar-refractivity contribution in [3.05, 3.63) is 17.8 Å². The Morgan fingerprint density at radius 3 is 2.80 bits per heavy atom. The van der Waals surface area contributed by atoms with E-state index in [4.69, 9.17) is 9.52 Å². The zero-order valence-electron chi connectivity index (χ0n) is 9.20. The Morgan fingerprint density at radius 1 is 1.67 bits per heavy atom. The lowest BCUT2D eigenvalue weighted by atomic mass is 10.1. The van der Waals surface area contributed by atoms with E-state index in [0.29, 0.717) is 12.3 Å². The van der Waals surface area contributed by atoms with Crippen LogP contribution in [0.5, 0.6) is 0 Å². The minimum Gasteiger partial charge on any atom is -0.448 e. The Labute approximate surface area is 88.5 Å². The van der Waals surface area contributed by atoms with E-state index in [0.717, 1.165) is 0 Å². The molecule has 1 heterocycles. The van der Waals surface area contributed by atoms with Gasteiger partial charge in [-0.05, 0) is 13.8 Å². The fourth-order valence-electron chi connectivity index (χ4n) is 0.988. The molecule has 2 N–H and O–H groups in total. The van der Waals surface area contributed by atoms with Gasteiger partial charge in [0.15, 0.2) is 11.6 Å². The molecule has 0 aliphatic rings. The molecule has 0 aliphatic carbocycles. The predicted octanol–water partition coefficient (Wildman–Crippen LogP) is 0.738. The van der Waals surface area contributed by atoms with Gasteiger partial charge >= 0.3 is 0 Å². The number of oxazole rings is 1. The maximum absolute atomic E-state index is 11.6. The van der Waals surface area contributed by atoms with Crippen LogP contribution in [0.1, 0.15) is 37.2 Å². The van der Waals surface area contributed by atoms with E-state index < -0.39 is 5.54 Å². The summed E-state index contributed by atoms with van der Waals surface area (Å²) in [4.78, 5) is 15.6. The number of carbonyl (C=O) groups excluding carboxylic acids is 1. The third-order valence-electron chi connectivity index (χ3n) is 1.93. The highest BCUT2D eigenvalue weighted by molar-refractivity contribution is 5.92. The van der Waals surface area contributed by atoms with Gasteiger partial charge in [-0.2, -0.15) is 0 Å². The minimum absolute atomic E-state index is 0.128. The van der Waals surface area contributed by atoms with Crippen LogP contribution in [0.15, 0.2) is 10.7 Å². The number of aliphatic hydroxyl groups is 1. The number of hydrogen-bond donors (Lipinski definition) is 2. The fourth-order valence-corrected chi connectivity index (χ4v) is 0.988. The number of nitrogens with one attached hydrogen (secondary N) is 1. The van der Waals surface area contributed by atoms with Crippen molar-refractivity contribution in [2.24, 2.45) is 0 Å². The first-order chi connectivity index (χ1) is 6.98. The summed E-state index contributed by atoms with van der Waals surface area (Å²) in [6.07, 6.45) is 1.97. The number of aromatic nitrogens is 1. The molecule has 0 unspecified atom stereocenters. The second-order valence-electron chi connectivity index (χ2n) is 3.98. The number of aliphatic hydroxyl groups excluding tert-OH is 1. The largest absolute Gasteiger partial charge is 0.448 e. The highest BCUT2D eigenvalue weighted by Crippen LogP contribution is 2.06. The van der Waals surface area contributed by atoms with Gasteiger partial charge in [0.1, 0.15) is 6.26 Å². The van der Waals surface area contributed by atoms with Gasteiger partial charge in [0.05, 0.1) is 12.1 Å². The van der Waals surface area contributed by atoms with Crippen LogP contribution in [0, 0.1) is 0 Å². The SMILES string of the molecule is CCc1nc(C(=O)NC(C)(C)CO)co1. The lowest BCUT2D eigenvalue weighted by molar-refractivity contribution is 0.0864. The summed E-state index contributed by atoms with van der Waals surface area (Å²) in [7, 11) is 0. The first kappa shape index (κ1) is 11.7. The van der Waals surface area contributed by atoms with E-state index in [1.165, 1.54) is 6.26 Å². The molecule has 0 aliphatic heterocycles. The zero-order valence-corrected chi connectivity index (χ0v) is 9.20. The molecule has 84 valence electrons. The Hall–Kier alpha value is -1.36. The molecule has 5 nitrogen and oxygen atoms in total. The van der Waals surface area contributed by atoms with E-state index >= 15 is 0 Å². The summed E-state index contributed by atoms with van der Waals surface area (Å²) in [5, 5.41) is 11.6. The molecule has 0 bridgehead atoms. The molecule has 1 amide bonds. The van der Waals surface area contributed by atoms with E-state index in [2.05, 4.69) is 10.3 Å². The van der Waals surface area contributed by atoms with Crippen molar-refractivity contribution in [3.63, 3.8) is 0 Å². The van der Waals surface area contributed by atoms with Crippen molar-refractivity contribution in [3.8, 4) is 0 Å². The number of nitrogens with zero attached hydrogens (tertiary/aromatic N) is 1. The molecule has 5 heteroatoms. The molecule has 0 saturated heterocycles. The third-order valence-corrected chi connectivity index (χ3v) is 1.93. The van der Waals surface area contributed by atoms with Crippen LogP contribution in [0.4, 0.5) is 0 Å². The van der Waals surface area contributed by atoms with E-state index in [1.54, 1.807) is 13.8 Å². The quantitative estimate of drug-likeness (QED) is 0.771. The van der Waals surface area contributed by atoms with Crippen LogP contribution in [0.25, 0.3) is 0 Å². The van der Waals surface area contributed by atoms with Crippen LogP contribution in [-0.4, -0.2) is 28.1 Å².